The number of hydrogen-bond donors (Lipinski definition) is 0. The fourth-order valence-corrected chi connectivity index (χ4v) is 4.61. The van der Waals surface area contributed by atoms with Crippen LogP contribution < -0.4 is 0 Å². The Hall–Kier alpha value is -1.85. The van der Waals surface area contributed by atoms with Crippen molar-refractivity contribution in [3.05, 3.63) is 38.0 Å². The molecule has 46 heavy (non-hydrogen) atoms. The second kappa shape index (κ2) is 19.2. The van der Waals surface area contributed by atoms with Gasteiger partial charge in [-0.15, -0.1) is 32.9 Å². The molecule has 0 spiro atoms. The zero-order valence-corrected chi connectivity index (χ0v) is 25.2. The summed E-state index contributed by atoms with van der Waals surface area (Å²) in [5, 5.41) is 0. The highest BCUT2D eigenvalue weighted by molar-refractivity contribution is 4.95. The van der Waals surface area contributed by atoms with Crippen LogP contribution in [0.4, 0.5) is 57.1 Å². The van der Waals surface area contributed by atoms with Gasteiger partial charge in [-0.05, 0) is 37.5 Å². The summed E-state index contributed by atoms with van der Waals surface area (Å²) >= 11 is 0. The SMILES string of the molecule is C=CCC(CC=C)(CC=C)CCCCCCCCC(F)(F)COCC(F)(F)OC(F)(F)CC(F)(F)COCC(F)(F)OC(F)(F)F. The lowest BCUT2D eigenvalue weighted by atomic mass is 9.74. The maximum Gasteiger partial charge on any atom is 0.527 e. The van der Waals surface area contributed by atoms with E-state index < -0.39 is 75.8 Å². The van der Waals surface area contributed by atoms with Crippen LogP contribution >= 0.6 is 0 Å². The van der Waals surface area contributed by atoms with Crippen molar-refractivity contribution in [3.63, 3.8) is 0 Å². The van der Waals surface area contributed by atoms with Crippen molar-refractivity contribution in [2.75, 3.05) is 26.4 Å². The molecule has 4 nitrogen and oxygen atoms in total. The Kier molecular flexibility index (Phi) is 18.5. The maximum atomic E-state index is 14.0. The minimum atomic E-state index is -5.88. The summed E-state index contributed by atoms with van der Waals surface area (Å²) in [6.07, 6.45) is -12.6. The van der Waals surface area contributed by atoms with Gasteiger partial charge >= 0.3 is 24.7 Å². The van der Waals surface area contributed by atoms with Gasteiger partial charge in [0.1, 0.15) is 32.8 Å². The Morgan fingerprint density at radius 2 is 0.826 bits per heavy atom. The third-order valence-electron chi connectivity index (χ3n) is 6.43. The third-order valence-corrected chi connectivity index (χ3v) is 6.43. The van der Waals surface area contributed by atoms with Crippen molar-refractivity contribution in [2.45, 2.75) is 114 Å². The van der Waals surface area contributed by atoms with Crippen molar-refractivity contribution in [2.24, 2.45) is 5.41 Å². The Morgan fingerprint density at radius 3 is 1.26 bits per heavy atom. The first kappa shape index (κ1) is 44.1. The fourth-order valence-electron chi connectivity index (χ4n) is 4.61. The second-order valence-corrected chi connectivity index (χ2v) is 11.0. The highest BCUT2D eigenvalue weighted by atomic mass is 19.4. The Morgan fingerprint density at radius 1 is 0.435 bits per heavy atom. The zero-order chi connectivity index (χ0) is 35.8. The van der Waals surface area contributed by atoms with Crippen molar-refractivity contribution in [3.8, 4) is 0 Å². The average Bonchev–Trinajstić information content (AvgIpc) is 2.82. The molecule has 0 aliphatic rings. The summed E-state index contributed by atoms with van der Waals surface area (Å²) < 4.78 is 184. The molecule has 0 saturated carbocycles. The van der Waals surface area contributed by atoms with Crippen LogP contribution in [-0.2, 0) is 18.9 Å². The van der Waals surface area contributed by atoms with Gasteiger partial charge in [-0.3, -0.25) is 4.74 Å². The molecule has 17 heteroatoms. The lowest BCUT2D eigenvalue weighted by molar-refractivity contribution is -0.432. The number of alkyl halides is 13. The van der Waals surface area contributed by atoms with Gasteiger partial charge in [-0.25, -0.2) is 22.3 Å². The van der Waals surface area contributed by atoms with E-state index in [1.54, 1.807) is 0 Å². The first-order valence-electron chi connectivity index (χ1n) is 14.3. The molecule has 0 atom stereocenters. The van der Waals surface area contributed by atoms with Crippen LogP contribution in [-0.4, -0.2) is 63.0 Å². The van der Waals surface area contributed by atoms with Crippen LogP contribution in [0.2, 0.25) is 0 Å². The van der Waals surface area contributed by atoms with E-state index in [-0.39, 0.29) is 11.8 Å². The lowest BCUT2D eigenvalue weighted by Crippen LogP contribution is -2.43. The summed E-state index contributed by atoms with van der Waals surface area (Å²) in [6.45, 7) is 2.85. The lowest BCUT2D eigenvalue weighted by Gasteiger charge is -2.31. The standard InChI is InChI=1S/C29H41F13O4/c1-4-13-23(14-5-2,15-6-3)16-11-9-7-8-10-12-17-24(30,31)19-43-21-27(36,37)45-26(34,35)18-25(32,33)20-44-22-28(38,39)46-29(40,41)42/h4-6H,1-3,7-22H2. The highest BCUT2D eigenvalue weighted by Gasteiger charge is 2.52. The normalized spacial score (nSPS) is 14.0. The molecule has 272 valence electrons. The Balaban J connectivity index is 4.47. The summed E-state index contributed by atoms with van der Waals surface area (Å²) in [7, 11) is 0. The molecule has 0 rings (SSSR count). The minimum Gasteiger partial charge on any atom is -0.366 e. The number of ether oxygens (including phenoxy) is 4. The van der Waals surface area contributed by atoms with E-state index in [2.05, 4.69) is 38.7 Å². The molecule has 0 bridgehead atoms. The molecule has 0 heterocycles. The average molecular weight is 701 g/mol. The Labute approximate surface area is 259 Å². The Bertz CT molecular complexity index is 866. The molecule has 0 aromatic rings. The molecule has 0 fully saturated rings. The smallest absolute Gasteiger partial charge is 0.366 e. The van der Waals surface area contributed by atoms with Crippen molar-refractivity contribution < 1.29 is 76.0 Å². The van der Waals surface area contributed by atoms with E-state index >= 15 is 0 Å². The van der Waals surface area contributed by atoms with E-state index in [9.17, 15) is 57.1 Å². The van der Waals surface area contributed by atoms with Gasteiger partial charge in [0.2, 0.25) is 0 Å². The van der Waals surface area contributed by atoms with Crippen LogP contribution in [0.3, 0.4) is 0 Å². The predicted molar refractivity (Wildman–Crippen MR) is 143 cm³/mol. The van der Waals surface area contributed by atoms with Gasteiger partial charge in [0, 0.05) is 6.42 Å². The minimum absolute atomic E-state index is 0.00534. The van der Waals surface area contributed by atoms with E-state index in [1.807, 2.05) is 18.2 Å². The van der Waals surface area contributed by atoms with Crippen LogP contribution in [0.25, 0.3) is 0 Å². The first-order valence-corrected chi connectivity index (χ1v) is 14.3. The van der Waals surface area contributed by atoms with Gasteiger partial charge in [0.25, 0.3) is 11.8 Å². The second-order valence-electron chi connectivity index (χ2n) is 11.0. The number of unbranched alkanes of at least 4 members (excludes halogenated alkanes) is 5. The predicted octanol–water partition coefficient (Wildman–Crippen LogP) is 10.8. The summed E-state index contributed by atoms with van der Waals surface area (Å²) in [5.41, 5.74) is -0.00534. The molecule has 0 unspecified atom stereocenters. The molecular weight excluding hydrogens is 659 g/mol. The molecule has 0 aromatic carbocycles. The number of halogens is 13. The molecule has 0 aliphatic heterocycles. The fraction of sp³-hybridized carbons (Fsp3) is 0.793. The maximum absolute atomic E-state index is 14.0. The first-order chi connectivity index (χ1) is 20.9. The quantitative estimate of drug-likeness (QED) is 0.0463. The summed E-state index contributed by atoms with van der Waals surface area (Å²) in [4.78, 5) is 0. The van der Waals surface area contributed by atoms with Crippen molar-refractivity contribution in [1.29, 1.82) is 0 Å². The molecule has 0 aromatic heterocycles. The van der Waals surface area contributed by atoms with Crippen LogP contribution in [0.1, 0.15) is 77.0 Å². The summed E-state index contributed by atoms with van der Waals surface area (Å²) in [6, 6.07) is 0. The molecule has 0 N–H and O–H groups in total. The molecule has 0 amide bonds. The van der Waals surface area contributed by atoms with Crippen molar-refractivity contribution >= 4 is 0 Å². The van der Waals surface area contributed by atoms with E-state index in [0.29, 0.717) is 12.8 Å². The molecule has 0 saturated heterocycles. The van der Waals surface area contributed by atoms with Crippen LogP contribution in [0.15, 0.2) is 38.0 Å². The molecule has 0 radical (unpaired) electrons. The van der Waals surface area contributed by atoms with Gasteiger partial charge in [0.05, 0.1) is 0 Å². The molecular formula is C29H41F13O4. The third kappa shape index (κ3) is 21.9. The van der Waals surface area contributed by atoms with E-state index in [0.717, 1.165) is 44.9 Å². The van der Waals surface area contributed by atoms with Gasteiger partial charge in [-0.2, -0.15) is 26.3 Å². The van der Waals surface area contributed by atoms with Crippen LogP contribution in [0.5, 0.6) is 0 Å². The largest absolute Gasteiger partial charge is 0.527 e. The highest BCUT2D eigenvalue weighted by Crippen LogP contribution is 2.39. The number of rotatable bonds is 28. The number of hydrogen-bond acceptors (Lipinski definition) is 4. The van der Waals surface area contributed by atoms with Gasteiger partial charge < -0.3 is 9.47 Å². The van der Waals surface area contributed by atoms with Gasteiger partial charge in [0.15, 0.2) is 0 Å². The monoisotopic (exact) mass is 700 g/mol. The van der Waals surface area contributed by atoms with Crippen molar-refractivity contribution in [1.82, 2.24) is 0 Å². The van der Waals surface area contributed by atoms with E-state index in [1.165, 1.54) is 0 Å². The van der Waals surface area contributed by atoms with Gasteiger partial charge in [-0.1, -0.05) is 50.3 Å². The molecule has 0 aliphatic carbocycles. The summed E-state index contributed by atoms with van der Waals surface area (Å²) in [5.74, 6) is -8.46. The zero-order valence-electron chi connectivity index (χ0n) is 25.2. The number of allylic oxidation sites excluding steroid dienone is 3. The van der Waals surface area contributed by atoms with E-state index in [4.69, 9.17) is 0 Å². The van der Waals surface area contributed by atoms with Crippen LogP contribution in [0, 0.1) is 5.41 Å². The topological polar surface area (TPSA) is 36.9 Å².